The molecule has 0 aliphatic rings. The number of aliphatic hydroxyl groups excluding tert-OH is 1. The van der Waals surface area contributed by atoms with Gasteiger partial charge in [-0.2, -0.15) is 0 Å². The second kappa shape index (κ2) is 14.7. The molecule has 0 spiro atoms. The summed E-state index contributed by atoms with van der Waals surface area (Å²) in [7, 11) is 0. The summed E-state index contributed by atoms with van der Waals surface area (Å²) in [6.07, 6.45) is 5.56. The lowest BCUT2D eigenvalue weighted by atomic mass is 10.1. The molecular weight excluding hydrogens is 381 g/mol. The van der Waals surface area contributed by atoms with Crippen molar-refractivity contribution < 1.29 is 5.11 Å². The highest BCUT2D eigenvalue weighted by atomic mass is 35.5. The molecule has 1 aromatic carbocycles. The Morgan fingerprint density at radius 2 is 1.48 bits per heavy atom. The fourth-order valence-electron chi connectivity index (χ4n) is 2.28. The zero-order chi connectivity index (χ0) is 20.8. The normalized spacial score (nSPS) is 9.78. The minimum atomic E-state index is 0.250. The first-order chi connectivity index (χ1) is 12.9. The Hall–Kier alpha value is -1.36. The van der Waals surface area contributed by atoms with E-state index in [2.05, 4.69) is 23.8 Å². The van der Waals surface area contributed by atoms with Crippen LogP contribution in [0, 0.1) is 0 Å². The van der Waals surface area contributed by atoms with Gasteiger partial charge in [0.05, 0.1) is 22.1 Å². The number of rotatable bonds is 5. The molecular formula is C21H33Cl2N3O. The minimum absolute atomic E-state index is 0.250. The van der Waals surface area contributed by atoms with E-state index in [1.54, 1.807) is 19.1 Å². The predicted octanol–water partition coefficient (Wildman–Crippen LogP) is 6.35. The molecule has 0 amide bonds. The van der Waals surface area contributed by atoms with Gasteiger partial charge in [0.2, 0.25) is 0 Å². The molecule has 1 aromatic heterocycles. The van der Waals surface area contributed by atoms with Gasteiger partial charge >= 0.3 is 0 Å². The number of anilines is 1. The van der Waals surface area contributed by atoms with Crippen molar-refractivity contribution in [1.82, 2.24) is 9.97 Å². The van der Waals surface area contributed by atoms with E-state index in [1.807, 2.05) is 19.9 Å². The molecule has 0 saturated heterocycles. The molecule has 152 valence electrons. The van der Waals surface area contributed by atoms with Crippen LogP contribution in [0.5, 0.6) is 0 Å². The fraction of sp³-hybridized carbons (Fsp3) is 0.524. The monoisotopic (exact) mass is 413 g/mol. The lowest BCUT2D eigenvalue weighted by Crippen LogP contribution is -2.06. The van der Waals surface area contributed by atoms with Crippen molar-refractivity contribution in [3.63, 3.8) is 0 Å². The molecule has 0 fully saturated rings. The summed E-state index contributed by atoms with van der Waals surface area (Å²) in [6.45, 7) is 10.4. The number of aromatic nitrogens is 2. The van der Waals surface area contributed by atoms with Gasteiger partial charge in [0.1, 0.15) is 5.82 Å². The van der Waals surface area contributed by atoms with Crippen molar-refractivity contribution in [2.75, 3.05) is 12.3 Å². The minimum Gasteiger partial charge on any atom is -0.397 e. The molecule has 3 N–H and O–H groups in total. The molecule has 0 atom stereocenters. The van der Waals surface area contributed by atoms with Crippen LogP contribution in [0.15, 0.2) is 18.2 Å². The van der Waals surface area contributed by atoms with Gasteiger partial charge in [0.15, 0.2) is 0 Å². The van der Waals surface area contributed by atoms with Crippen LogP contribution in [-0.4, -0.2) is 21.7 Å². The molecule has 6 heteroatoms. The summed E-state index contributed by atoms with van der Waals surface area (Å²) >= 11 is 12.2. The Morgan fingerprint density at radius 1 is 0.926 bits per heavy atom. The highest BCUT2D eigenvalue weighted by Crippen LogP contribution is 2.31. The quantitative estimate of drug-likeness (QED) is 0.598. The smallest absolute Gasteiger partial charge is 0.145 e. The summed E-state index contributed by atoms with van der Waals surface area (Å²) < 4.78 is 0. The van der Waals surface area contributed by atoms with E-state index < -0.39 is 0 Å². The highest BCUT2D eigenvalue weighted by molar-refractivity contribution is 6.36. The third-order valence-electron chi connectivity index (χ3n) is 3.63. The molecule has 4 nitrogen and oxygen atoms in total. The van der Waals surface area contributed by atoms with Crippen molar-refractivity contribution in [3.8, 4) is 11.3 Å². The van der Waals surface area contributed by atoms with Gasteiger partial charge in [-0.1, -0.05) is 70.2 Å². The topological polar surface area (TPSA) is 72.0 Å². The van der Waals surface area contributed by atoms with Gasteiger partial charge in [-0.05, 0) is 38.0 Å². The molecule has 0 unspecified atom stereocenters. The SMILES string of the molecule is CCCCC.CCO.CCc1nc(-c2ccc(Cl)cc2Cl)c(CC)nc1N. The summed E-state index contributed by atoms with van der Waals surface area (Å²) in [6, 6.07) is 5.37. The first kappa shape index (κ1) is 25.6. The molecule has 2 aromatic rings. The molecule has 0 bridgehead atoms. The van der Waals surface area contributed by atoms with Crippen molar-refractivity contribution in [2.45, 2.75) is 66.7 Å². The summed E-state index contributed by atoms with van der Waals surface area (Å²) in [5.74, 6) is 0.494. The zero-order valence-corrected chi connectivity index (χ0v) is 18.7. The third-order valence-corrected chi connectivity index (χ3v) is 4.18. The van der Waals surface area contributed by atoms with Crippen LogP contribution in [0.25, 0.3) is 11.3 Å². The largest absolute Gasteiger partial charge is 0.397 e. The number of benzene rings is 1. The maximum atomic E-state index is 7.57. The first-order valence-corrected chi connectivity index (χ1v) is 10.4. The maximum absolute atomic E-state index is 7.57. The van der Waals surface area contributed by atoms with Crippen LogP contribution in [0.4, 0.5) is 5.82 Å². The Kier molecular flexibility index (Phi) is 13.9. The van der Waals surface area contributed by atoms with E-state index in [0.29, 0.717) is 15.9 Å². The van der Waals surface area contributed by atoms with Gasteiger partial charge < -0.3 is 10.8 Å². The average Bonchev–Trinajstić information content (AvgIpc) is 2.64. The van der Waals surface area contributed by atoms with Crippen LogP contribution in [0.2, 0.25) is 10.0 Å². The lowest BCUT2D eigenvalue weighted by Gasteiger charge is -2.12. The van der Waals surface area contributed by atoms with Crippen LogP contribution in [-0.2, 0) is 12.8 Å². The molecule has 1 heterocycles. The highest BCUT2D eigenvalue weighted by Gasteiger charge is 2.14. The lowest BCUT2D eigenvalue weighted by molar-refractivity contribution is 0.318. The van der Waals surface area contributed by atoms with Gasteiger partial charge in [0, 0.05) is 17.2 Å². The fourth-order valence-corrected chi connectivity index (χ4v) is 2.78. The second-order valence-corrected chi connectivity index (χ2v) is 6.70. The number of hydrogen-bond donors (Lipinski definition) is 2. The summed E-state index contributed by atoms with van der Waals surface area (Å²) in [5, 5.41) is 8.74. The number of aliphatic hydroxyl groups is 1. The number of nitrogens with two attached hydrogens (primary N) is 1. The van der Waals surface area contributed by atoms with E-state index in [4.69, 9.17) is 34.0 Å². The van der Waals surface area contributed by atoms with Crippen molar-refractivity contribution in [2.24, 2.45) is 0 Å². The zero-order valence-electron chi connectivity index (χ0n) is 17.1. The number of hydrogen-bond acceptors (Lipinski definition) is 4. The second-order valence-electron chi connectivity index (χ2n) is 5.85. The molecule has 0 radical (unpaired) electrons. The van der Waals surface area contributed by atoms with E-state index in [0.717, 1.165) is 35.5 Å². The average molecular weight is 414 g/mol. The van der Waals surface area contributed by atoms with Crippen LogP contribution in [0.3, 0.4) is 0 Å². The van der Waals surface area contributed by atoms with E-state index >= 15 is 0 Å². The number of unbranched alkanes of at least 4 members (excludes halogenated alkanes) is 2. The summed E-state index contributed by atoms with van der Waals surface area (Å²) in [4.78, 5) is 9.03. The van der Waals surface area contributed by atoms with Crippen molar-refractivity contribution >= 4 is 29.0 Å². The first-order valence-electron chi connectivity index (χ1n) is 9.61. The van der Waals surface area contributed by atoms with Gasteiger partial charge in [-0.3, -0.25) is 0 Å². The van der Waals surface area contributed by atoms with Crippen molar-refractivity contribution in [1.29, 1.82) is 0 Å². The van der Waals surface area contributed by atoms with Crippen LogP contribution in [0.1, 0.15) is 65.3 Å². The van der Waals surface area contributed by atoms with Crippen molar-refractivity contribution in [3.05, 3.63) is 39.6 Å². The molecule has 2 rings (SSSR count). The van der Waals surface area contributed by atoms with Gasteiger partial charge in [-0.25, -0.2) is 9.97 Å². The van der Waals surface area contributed by atoms with Gasteiger partial charge in [-0.15, -0.1) is 0 Å². The van der Waals surface area contributed by atoms with E-state index in [-0.39, 0.29) is 6.61 Å². The molecule has 0 aliphatic heterocycles. The van der Waals surface area contributed by atoms with Crippen LogP contribution >= 0.6 is 23.2 Å². The Bertz CT molecular complexity index is 677. The molecule has 0 saturated carbocycles. The molecule has 0 aliphatic carbocycles. The number of nitrogens with zero attached hydrogens (tertiary/aromatic N) is 2. The third kappa shape index (κ3) is 8.91. The van der Waals surface area contributed by atoms with E-state index in [1.165, 1.54) is 19.3 Å². The molecule has 27 heavy (non-hydrogen) atoms. The Labute approximate surface area is 174 Å². The number of nitrogen functional groups attached to an aromatic ring is 1. The number of halogens is 2. The maximum Gasteiger partial charge on any atom is 0.145 e. The van der Waals surface area contributed by atoms with Gasteiger partial charge in [0.25, 0.3) is 0 Å². The summed E-state index contributed by atoms with van der Waals surface area (Å²) in [5.41, 5.74) is 9.15. The number of aryl methyl sites for hydroxylation is 2. The Morgan fingerprint density at radius 3 is 1.89 bits per heavy atom. The standard InChI is InChI=1S/C14H15Cl2N3.C5H12.C2H6O/c1-3-11-13(18-12(4-2)14(17)19-11)9-6-5-8(15)7-10(9)16;1-3-5-4-2;1-2-3/h5-7H,3-4H2,1-2H3,(H2,17,19);3-5H2,1-2H3;3H,2H2,1H3. The van der Waals surface area contributed by atoms with E-state index in [9.17, 15) is 0 Å². The van der Waals surface area contributed by atoms with Crippen LogP contribution < -0.4 is 5.73 Å². The Balaban J connectivity index is 0.000000719. The predicted molar refractivity (Wildman–Crippen MR) is 119 cm³/mol.